The summed E-state index contributed by atoms with van der Waals surface area (Å²) in [6.45, 7) is 5.42. The lowest BCUT2D eigenvalue weighted by Gasteiger charge is -2.32. The van der Waals surface area contributed by atoms with Crippen LogP contribution < -0.4 is 0 Å². The summed E-state index contributed by atoms with van der Waals surface area (Å²) in [7, 11) is 0. The zero-order chi connectivity index (χ0) is 14.9. The van der Waals surface area contributed by atoms with Crippen LogP contribution in [-0.2, 0) is 4.79 Å². The van der Waals surface area contributed by atoms with Gasteiger partial charge >= 0.3 is 12.0 Å². The number of aliphatic hydroxyl groups is 1. The first-order valence-electron chi connectivity index (χ1n) is 7.39. The van der Waals surface area contributed by atoms with Crippen LogP contribution in [0.5, 0.6) is 0 Å². The van der Waals surface area contributed by atoms with Gasteiger partial charge in [0.1, 0.15) is 0 Å². The van der Waals surface area contributed by atoms with Gasteiger partial charge in [0.05, 0.1) is 12.5 Å². The van der Waals surface area contributed by atoms with Gasteiger partial charge in [-0.25, -0.2) is 4.79 Å². The fourth-order valence-corrected chi connectivity index (χ4v) is 3.57. The van der Waals surface area contributed by atoms with E-state index in [2.05, 4.69) is 0 Å². The Kier molecular flexibility index (Phi) is 4.52. The van der Waals surface area contributed by atoms with Gasteiger partial charge in [-0.3, -0.25) is 4.79 Å². The second kappa shape index (κ2) is 5.99. The van der Waals surface area contributed by atoms with Crippen molar-refractivity contribution < 1.29 is 19.8 Å². The van der Waals surface area contributed by atoms with Gasteiger partial charge in [-0.15, -0.1) is 0 Å². The Morgan fingerprint density at radius 2 is 2.05 bits per heavy atom. The molecule has 2 N–H and O–H groups in total. The van der Waals surface area contributed by atoms with Gasteiger partial charge in [-0.1, -0.05) is 0 Å². The molecule has 0 spiro atoms. The Labute approximate surface area is 119 Å². The molecule has 20 heavy (non-hydrogen) atoms. The molecular weight excluding hydrogens is 260 g/mol. The first kappa shape index (κ1) is 15.1. The van der Waals surface area contributed by atoms with Crippen LogP contribution in [0, 0.1) is 11.8 Å². The Bertz CT molecular complexity index is 387. The number of aliphatic carboxylic acids is 1. The smallest absolute Gasteiger partial charge is 0.320 e. The number of carboxylic acid groups (broad SMARTS) is 1. The van der Waals surface area contributed by atoms with Crippen molar-refractivity contribution in [3.8, 4) is 0 Å². The molecule has 1 saturated heterocycles. The van der Waals surface area contributed by atoms with Gasteiger partial charge in [-0.2, -0.15) is 0 Å². The molecule has 0 radical (unpaired) electrons. The van der Waals surface area contributed by atoms with E-state index in [1.165, 1.54) is 0 Å². The van der Waals surface area contributed by atoms with E-state index >= 15 is 0 Å². The summed E-state index contributed by atoms with van der Waals surface area (Å²) in [5.74, 6) is -0.285. The summed E-state index contributed by atoms with van der Waals surface area (Å²) in [5.41, 5.74) is 0. The molecule has 0 aromatic heterocycles. The van der Waals surface area contributed by atoms with Crippen LogP contribution in [0.3, 0.4) is 0 Å². The van der Waals surface area contributed by atoms with E-state index in [1.54, 1.807) is 16.7 Å². The number of fused-ring (bicyclic) bond motifs is 1. The number of carbonyl (C=O) groups is 2. The average molecular weight is 284 g/mol. The molecule has 1 heterocycles. The molecule has 1 aliphatic carbocycles. The molecule has 2 aliphatic rings. The molecular formula is C14H24N2O4. The van der Waals surface area contributed by atoms with E-state index in [0.29, 0.717) is 25.6 Å². The molecule has 2 amide bonds. The Hall–Kier alpha value is -1.30. The Balaban J connectivity index is 1.98. The minimum atomic E-state index is -0.891. The molecule has 6 heteroatoms. The molecule has 2 rings (SSSR count). The average Bonchev–Trinajstić information content (AvgIpc) is 2.92. The van der Waals surface area contributed by atoms with Crippen molar-refractivity contribution in [3.05, 3.63) is 0 Å². The predicted octanol–water partition coefficient (Wildman–Crippen LogP) is 0.994. The zero-order valence-electron chi connectivity index (χ0n) is 12.2. The van der Waals surface area contributed by atoms with Gasteiger partial charge in [0.2, 0.25) is 0 Å². The van der Waals surface area contributed by atoms with Gasteiger partial charge in [0.15, 0.2) is 0 Å². The number of carboxylic acids is 1. The van der Waals surface area contributed by atoms with Crippen molar-refractivity contribution in [1.82, 2.24) is 9.80 Å². The van der Waals surface area contributed by atoms with E-state index in [9.17, 15) is 14.7 Å². The fourth-order valence-electron chi connectivity index (χ4n) is 3.57. The molecule has 114 valence electrons. The molecule has 6 nitrogen and oxygen atoms in total. The standard InChI is InChI=1S/C14H24N2O4/c1-3-16(9(2)6-13(18)19)14(20)15-7-10-4-5-12(17)11(10)8-15/h9-12,17H,3-8H2,1-2H3,(H,18,19). The van der Waals surface area contributed by atoms with Gasteiger partial charge in [0.25, 0.3) is 0 Å². The van der Waals surface area contributed by atoms with Crippen LogP contribution in [-0.4, -0.2) is 63.8 Å². The first-order chi connectivity index (χ1) is 9.43. The van der Waals surface area contributed by atoms with E-state index in [-0.39, 0.29) is 30.5 Å². The third-order valence-corrected chi connectivity index (χ3v) is 4.68. The summed E-state index contributed by atoms with van der Waals surface area (Å²) in [6, 6.07) is -0.404. The molecule has 4 atom stereocenters. The third-order valence-electron chi connectivity index (χ3n) is 4.68. The van der Waals surface area contributed by atoms with E-state index in [4.69, 9.17) is 5.11 Å². The number of likely N-dealkylation sites (tertiary alicyclic amines) is 1. The second-order valence-electron chi connectivity index (χ2n) is 5.99. The molecule has 0 bridgehead atoms. The molecule has 0 aromatic rings. The number of urea groups is 1. The second-order valence-corrected chi connectivity index (χ2v) is 5.99. The van der Waals surface area contributed by atoms with Gasteiger partial charge < -0.3 is 20.0 Å². The van der Waals surface area contributed by atoms with E-state index < -0.39 is 5.97 Å². The molecule has 1 aliphatic heterocycles. The highest BCUT2D eigenvalue weighted by Gasteiger charge is 2.44. The van der Waals surface area contributed by atoms with E-state index in [0.717, 1.165) is 12.8 Å². The lowest BCUT2D eigenvalue weighted by molar-refractivity contribution is -0.138. The molecule has 1 saturated carbocycles. The maximum Gasteiger partial charge on any atom is 0.320 e. The van der Waals surface area contributed by atoms with Crippen molar-refractivity contribution in [2.45, 2.75) is 45.3 Å². The Morgan fingerprint density at radius 3 is 2.60 bits per heavy atom. The lowest BCUT2D eigenvalue weighted by Crippen LogP contribution is -2.47. The molecule has 0 aromatic carbocycles. The van der Waals surface area contributed by atoms with Crippen molar-refractivity contribution in [2.24, 2.45) is 11.8 Å². The minimum absolute atomic E-state index is 0.0388. The molecule has 2 fully saturated rings. The van der Waals surface area contributed by atoms with Crippen molar-refractivity contribution in [2.75, 3.05) is 19.6 Å². The summed E-state index contributed by atoms with van der Waals surface area (Å²) in [4.78, 5) is 26.7. The van der Waals surface area contributed by atoms with Crippen LogP contribution in [0.4, 0.5) is 4.79 Å². The SMILES string of the molecule is CCN(C(=O)N1CC2CCC(O)C2C1)C(C)CC(=O)O. The maximum atomic E-state index is 12.5. The zero-order valence-corrected chi connectivity index (χ0v) is 12.2. The highest BCUT2D eigenvalue weighted by Crippen LogP contribution is 2.38. The summed E-state index contributed by atoms with van der Waals surface area (Å²) < 4.78 is 0. The number of carbonyl (C=O) groups excluding carboxylic acids is 1. The normalized spacial score (nSPS) is 30.1. The van der Waals surface area contributed by atoms with Gasteiger partial charge in [0, 0.05) is 31.6 Å². The summed E-state index contributed by atoms with van der Waals surface area (Å²) in [6.07, 6.45) is 1.49. The predicted molar refractivity (Wildman–Crippen MR) is 73.3 cm³/mol. The van der Waals surface area contributed by atoms with Crippen LogP contribution in [0.15, 0.2) is 0 Å². The van der Waals surface area contributed by atoms with Crippen molar-refractivity contribution in [1.29, 1.82) is 0 Å². The largest absolute Gasteiger partial charge is 0.481 e. The third kappa shape index (κ3) is 2.90. The quantitative estimate of drug-likeness (QED) is 0.807. The monoisotopic (exact) mass is 284 g/mol. The minimum Gasteiger partial charge on any atom is -0.481 e. The van der Waals surface area contributed by atoms with Crippen LogP contribution in [0.1, 0.15) is 33.1 Å². The topological polar surface area (TPSA) is 81.1 Å². The number of nitrogens with zero attached hydrogens (tertiary/aromatic N) is 2. The summed E-state index contributed by atoms with van der Waals surface area (Å²) in [5, 5.41) is 18.8. The fraction of sp³-hybridized carbons (Fsp3) is 0.857. The van der Waals surface area contributed by atoms with Crippen molar-refractivity contribution in [3.63, 3.8) is 0 Å². The highest BCUT2D eigenvalue weighted by molar-refractivity contribution is 5.76. The number of rotatable bonds is 4. The number of hydrogen-bond donors (Lipinski definition) is 2. The van der Waals surface area contributed by atoms with Gasteiger partial charge in [-0.05, 0) is 32.6 Å². The maximum absolute atomic E-state index is 12.5. The Morgan fingerprint density at radius 1 is 1.35 bits per heavy atom. The highest BCUT2D eigenvalue weighted by atomic mass is 16.4. The van der Waals surface area contributed by atoms with Crippen LogP contribution in [0.25, 0.3) is 0 Å². The van der Waals surface area contributed by atoms with Crippen molar-refractivity contribution >= 4 is 12.0 Å². The number of amides is 2. The van der Waals surface area contributed by atoms with Crippen LogP contribution >= 0.6 is 0 Å². The lowest BCUT2D eigenvalue weighted by atomic mass is 10.00. The van der Waals surface area contributed by atoms with Crippen LogP contribution in [0.2, 0.25) is 0 Å². The number of aliphatic hydroxyl groups excluding tert-OH is 1. The molecule has 4 unspecified atom stereocenters. The van der Waals surface area contributed by atoms with E-state index in [1.807, 2.05) is 6.92 Å². The summed E-state index contributed by atoms with van der Waals surface area (Å²) >= 11 is 0. The first-order valence-corrected chi connectivity index (χ1v) is 7.39. The number of hydrogen-bond acceptors (Lipinski definition) is 3.